The Morgan fingerprint density at radius 2 is 1.94 bits per heavy atom. The molecular formula is C12H13FN4. The van der Waals surface area contributed by atoms with Crippen LogP contribution in [-0.4, -0.2) is 9.97 Å². The molecule has 0 saturated heterocycles. The summed E-state index contributed by atoms with van der Waals surface area (Å²) in [5, 5.41) is 2.87. The molecule has 0 fully saturated rings. The van der Waals surface area contributed by atoms with E-state index in [1.54, 1.807) is 19.1 Å². The van der Waals surface area contributed by atoms with Crippen molar-refractivity contribution in [3.05, 3.63) is 41.5 Å². The summed E-state index contributed by atoms with van der Waals surface area (Å²) in [5.41, 5.74) is 6.83. The summed E-state index contributed by atoms with van der Waals surface area (Å²) in [6, 6.07) is 6.51. The average Bonchev–Trinajstić information content (AvgIpc) is 2.21. The molecule has 0 amide bonds. The van der Waals surface area contributed by atoms with Crippen LogP contribution in [0.4, 0.5) is 21.7 Å². The Morgan fingerprint density at radius 1 is 1.18 bits per heavy atom. The molecule has 0 radical (unpaired) electrons. The van der Waals surface area contributed by atoms with Crippen LogP contribution in [0.25, 0.3) is 0 Å². The van der Waals surface area contributed by atoms with Gasteiger partial charge in [-0.1, -0.05) is 6.07 Å². The van der Waals surface area contributed by atoms with Crippen molar-refractivity contribution in [3.8, 4) is 0 Å². The van der Waals surface area contributed by atoms with Gasteiger partial charge in [0.05, 0.1) is 5.69 Å². The van der Waals surface area contributed by atoms with Gasteiger partial charge in [0.15, 0.2) is 0 Å². The predicted molar refractivity (Wildman–Crippen MR) is 65.6 cm³/mol. The lowest BCUT2D eigenvalue weighted by molar-refractivity contribution is 0.630. The number of halogens is 1. The second kappa shape index (κ2) is 4.37. The number of nitrogens with two attached hydrogens (primary N) is 1. The minimum Gasteiger partial charge on any atom is -0.384 e. The number of nitrogens with one attached hydrogen (secondary N) is 1. The number of benzene rings is 1. The minimum absolute atomic E-state index is 0.320. The van der Waals surface area contributed by atoms with Crippen molar-refractivity contribution in [2.75, 3.05) is 11.1 Å². The molecule has 2 aromatic rings. The van der Waals surface area contributed by atoms with E-state index in [9.17, 15) is 4.39 Å². The van der Waals surface area contributed by atoms with Crippen molar-refractivity contribution in [2.45, 2.75) is 13.8 Å². The molecule has 0 saturated carbocycles. The zero-order valence-electron chi connectivity index (χ0n) is 9.66. The Bertz CT molecular complexity index is 534. The minimum atomic E-state index is -0.320. The van der Waals surface area contributed by atoms with Crippen molar-refractivity contribution in [1.29, 1.82) is 0 Å². The molecule has 4 nitrogen and oxygen atoms in total. The third-order valence-corrected chi connectivity index (χ3v) is 2.25. The fourth-order valence-electron chi connectivity index (χ4n) is 1.51. The molecule has 0 atom stereocenters. The predicted octanol–water partition coefficient (Wildman–Crippen LogP) is 2.56. The van der Waals surface area contributed by atoms with Gasteiger partial charge >= 0.3 is 0 Å². The molecule has 1 aromatic carbocycles. The molecule has 0 bridgehead atoms. The van der Waals surface area contributed by atoms with Gasteiger partial charge in [-0.2, -0.15) is 0 Å². The second-order valence-corrected chi connectivity index (χ2v) is 3.83. The van der Waals surface area contributed by atoms with Gasteiger partial charge in [0, 0.05) is 6.07 Å². The lowest BCUT2D eigenvalue weighted by Crippen LogP contribution is -2.01. The highest BCUT2D eigenvalue weighted by molar-refractivity contribution is 5.59. The van der Waals surface area contributed by atoms with Crippen molar-refractivity contribution >= 4 is 17.3 Å². The largest absolute Gasteiger partial charge is 0.384 e. The normalized spacial score (nSPS) is 10.3. The van der Waals surface area contributed by atoms with Gasteiger partial charge in [-0.25, -0.2) is 14.4 Å². The number of aryl methyl sites for hydroxylation is 2. The molecule has 2 rings (SSSR count). The van der Waals surface area contributed by atoms with Gasteiger partial charge in [-0.15, -0.1) is 0 Å². The number of hydrogen-bond donors (Lipinski definition) is 2. The number of rotatable bonds is 2. The topological polar surface area (TPSA) is 63.8 Å². The molecule has 0 aliphatic carbocycles. The van der Waals surface area contributed by atoms with E-state index in [0.717, 1.165) is 5.56 Å². The first-order chi connectivity index (χ1) is 8.04. The summed E-state index contributed by atoms with van der Waals surface area (Å²) in [5.74, 6) is 1.06. The van der Waals surface area contributed by atoms with Gasteiger partial charge in [0.1, 0.15) is 23.3 Å². The molecule has 1 heterocycles. The summed E-state index contributed by atoms with van der Waals surface area (Å²) in [4.78, 5) is 8.07. The molecule has 0 aliphatic rings. The van der Waals surface area contributed by atoms with Crippen molar-refractivity contribution in [2.24, 2.45) is 0 Å². The highest BCUT2D eigenvalue weighted by Crippen LogP contribution is 2.20. The van der Waals surface area contributed by atoms with E-state index < -0.39 is 0 Å². The third kappa shape index (κ3) is 2.69. The number of nitrogens with zero attached hydrogens (tertiary/aromatic N) is 2. The van der Waals surface area contributed by atoms with E-state index in [1.165, 1.54) is 6.07 Å². The van der Waals surface area contributed by atoms with E-state index >= 15 is 0 Å². The first kappa shape index (κ1) is 11.3. The lowest BCUT2D eigenvalue weighted by Gasteiger charge is -2.08. The van der Waals surface area contributed by atoms with E-state index in [1.807, 2.05) is 13.0 Å². The first-order valence-corrected chi connectivity index (χ1v) is 5.19. The number of nitrogen functional groups attached to an aromatic ring is 1. The number of hydrogen-bond acceptors (Lipinski definition) is 4. The molecule has 0 spiro atoms. The van der Waals surface area contributed by atoms with Gasteiger partial charge in [0.25, 0.3) is 0 Å². The van der Waals surface area contributed by atoms with E-state index in [2.05, 4.69) is 15.3 Å². The van der Waals surface area contributed by atoms with Crippen LogP contribution >= 0.6 is 0 Å². The van der Waals surface area contributed by atoms with Crippen LogP contribution in [0.5, 0.6) is 0 Å². The van der Waals surface area contributed by atoms with Crippen molar-refractivity contribution < 1.29 is 4.39 Å². The van der Waals surface area contributed by atoms with Gasteiger partial charge in [0.2, 0.25) is 0 Å². The van der Waals surface area contributed by atoms with Gasteiger partial charge in [-0.05, 0) is 31.5 Å². The second-order valence-electron chi connectivity index (χ2n) is 3.83. The van der Waals surface area contributed by atoms with Crippen LogP contribution in [0.1, 0.15) is 11.4 Å². The summed E-state index contributed by atoms with van der Waals surface area (Å²) < 4.78 is 13.6. The van der Waals surface area contributed by atoms with Gasteiger partial charge < -0.3 is 11.1 Å². The molecule has 17 heavy (non-hydrogen) atoms. The average molecular weight is 232 g/mol. The van der Waals surface area contributed by atoms with Gasteiger partial charge in [-0.3, -0.25) is 0 Å². The van der Waals surface area contributed by atoms with Crippen molar-refractivity contribution in [1.82, 2.24) is 9.97 Å². The van der Waals surface area contributed by atoms with E-state index in [4.69, 9.17) is 5.73 Å². The van der Waals surface area contributed by atoms with Crippen LogP contribution in [0.3, 0.4) is 0 Å². The zero-order chi connectivity index (χ0) is 12.4. The van der Waals surface area contributed by atoms with Crippen LogP contribution in [-0.2, 0) is 0 Å². The smallest absolute Gasteiger partial charge is 0.146 e. The molecular weight excluding hydrogens is 219 g/mol. The van der Waals surface area contributed by atoms with E-state index in [0.29, 0.717) is 23.1 Å². The van der Waals surface area contributed by atoms with Crippen LogP contribution < -0.4 is 11.1 Å². The summed E-state index contributed by atoms with van der Waals surface area (Å²) in [7, 11) is 0. The Balaban J connectivity index is 2.31. The molecule has 0 aliphatic heterocycles. The zero-order valence-corrected chi connectivity index (χ0v) is 9.66. The fourth-order valence-corrected chi connectivity index (χ4v) is 1.51. The van der Waals surface area contributed by atoms with E-state index in [-0.39, 0.29) is 5.82 Å². The van der Waals surface area contributed by atoms with Crippen LogP contribution in [0.15, 0.2) is 24.3 Å². The number of anilines is 3. The highest BCUT2D eigenvalue weighted by atomic mass is 19.1. The fraction of sp³-hybridized carbons (Fsp3) is 0.167. The maximum Gasteiger partial charge on any atom is 0.146 e. The Kier molecular flexibility index (Phi) is 2.91. The standard InChI is InChI=1S/C12H13FN4/c1-7-3-4-10(9(13)5-7)17-12-6-11(14)15-8(2)16-12/h3-6H,1-2H3,(H3,14,15,16,17). The third-order valence-electron chi connectivity index (χ3n) is 2.25. The Hall–Kier alpha value is -2.17. The Labute approximate surface area is 98.7 Å². The highest BCUT2D eigenvalue weighted by Gasteiger charge is 2.04. The lowest BCUT2D eigenvalue weighted by atomic mass is 10.2. The Morgan fingerprint density at radius 3 is 2.59 bits per heavy atom. The molecule has 88 valence electrons. The van der Waals surface area contributed by atoms with Crippen LogP contribution in [0.2, 0.25) is 0 Å². The molecule has 5 heteroatoms. The van der Waals surface area contributed by atoms with Crippen molar-refractivity contribution in [3.63, 3.8) is 0 Å². The molecule has 1 aromatic heterocycles. The van der Waals surface area contributed by atoms with Crippen LogP contribution in [0, 0.1) is 19.7 Å². The maximum absolute atomic E-state index is 13.6. The summed E-state index contributed by atoms with van der Waals surface area (Å²) in [6.07, 6.45) is 0. The summed E-state index contributed by atoms with van der Waals surface area (Å²) >= 11 is 0. The SMILES string of the molecule is Cc1ccc(Nc2cc(N)nc(C)n2)c(F)c1. The maximum atomic E-state index is 13.6. The quantitative estimate of drug-likeness (QED) is 0.835. The first-order valence-electron chi connectivity index (χ1n) is 5.19. The number of aromatic nitrogens is 2. The summed E-state index contributed by atoms with van der Waals surface area (Å²) in [6.45, 7) is 3.56. The molecule has 0 unspecified atom stereocenters. The monoisotopic (exact) mass is 232 g/mol. The molecule has 3 N–H and O–H groups in total.